The highest BCUT2D eigenvalue weighted by Gasteiger charge is 2.78. The van der Waals surface area contributed by atoms with Crippen LogP contribution in [0.15, 0.2) is 49.6 Å². The molecular formula is C34H49N3O6. The van der Waals surface area contributed by atoms with Crippen molar-refractivity contribution in [1.29, 1.82) is 0 Å². The third kappa shape index (κ3) is 5.86. The maximum atomic E-state index is 14.6. The van der Waals surface area contributed by atoms with Gasteiger partial charge in [-0.05, 0) is 91.0 Å². The van der Waals surface area contributed by atoms with Gasteiger partial charge in [0.05, 0.1) is 24.0 Å². The van der Waals surface area contributed by atoms with Crippen molar-refractivity contribution in [3.63, 3.8) is 0 Å². The standard InChI is InChI=1S/C34H49N3O6/c1-8-20-35(24-14-16-25(17-15-24)42-10-3)29(39)26-27-30(40)36(22-12-11-13-23-38)28(34(27)19-18-33(26,7)43-34)31(41)37(21-9-2)32(4,5)6/h8-9,14-17,26-28,38H,1-2,10-13,18-23H2,3-7H3/t26-,27-,28?,33+,34?/m0/s1. The van der Waals surface area contributed by atoms with Gasteiger partial charge in [-0.25, -0.2) is 0 Å². The quantitative estimate of drug-likeness (QED) is 0.254. The van der Waals surface area contributed by atoms with E-state index in [4.69, 9.17) is 9.47 Å². The first-order chi connectivity index (χ1) is 20.4. The molecule has 3 heterocycles. The van der Waals surface area contributed by atoms with Crippen LogP contribution in [0.3, 0.4) is 0 Å². The van der Waals surface area contributed by atoms with E-state index < -0.39 is 34.6 Å². The van der Waals surface area contributed by atoms with E-state index in [9.17, 15) is 19.5 Å². The molecule has 3 amide bonds. The minimum atomic E-state index is -1.11. The predicted molar refractivity (Wildman–Crippen MR) is 167 cm³/mol. The summed E-state index contributed by atoms with van der Waals surface area (Å²) < 4.78 is 12.4. The fraction of sp³-hybridized carbons (Fsp3) is 0.618. The smallest absolute Gasteiger partial charge is 0.249 e. The Morgan fingerprint density at radius 2 is 1.77 bits per heavy atom. The number of aliphatic hydroxyl groups is 1. The number of fused-ring (bicyclic) bond motifs is 1. The number of likely N-dealkylation sites (tertiary alicyclic amines) is 1. The lowest BCUT2D eigenvalue weighted by molar-refractivity contribution is -0.154. The van der Waals surface area contributed by atoms with Crippen LogP contribution in [-0.2, 0) is 19.1 Å². The fourth-order valence-corrected chi connectivity index (χ4v) is 7.37. The zero-order valence-electron chi connectivity index (χ0n) is 26.5. The normalized spacial score (nSPS) is 27.6. The number of carbonyl (C=O) groups is 3. The van der Waals surface area contributed by atoms with Gasteiger partial charge in [0.2, 0.25) is 17.7 Å². The number of unbranched alkanes of at least 4 members (excludes halogenated alkanes) is 2. The lowest BCUT2D eigenvalue weighted by atomic mass is 9.66. The van der Waals surface area contributed by atoms with Gasteiger partial charge in [0, 0.05) is 37.5 Å². The summed E-state index contributed by atoms with van der Waals surface area (Å²) in [6, 6.07) is 6.48. The van der Waals surface area contributed by atoms with Crippen molar-refractivity contribution in [2.24, 2.45) is 11.8 Å². The molecule has 9 heteroatoms. The van der Waals surface area contributed by atoms with Gasteiger partial charge in [-0.3, -0.25) is 14.4 Å². The molecule has 3 saturated heterocycles. The van der Waals surface area contributed by atoms with Crippen LogP contribution in [0, 0.1) is 11.8 Å². The number of rotatable bonds is 14. The lowest BCUT2D eigenvalue weighted by Gasteiger charge is -2.42. The van der Waals surface area contributed by atoms with Gasteiger partial charge in [-0.2, -0.15) is 0 Å². The maximum absolute atomic E-state index is 14.6. The first-order valence-electron chi connectivity index (χ1n) is 15.6. The molecule has 0 aromatic heterocycles. The number of amides is 3. The molecule has 3 fully saturated rings. The molecule has 0 radical (unpaired) electrons. The molecule has 2 unspecified atom stereocenters. The molecule has 9 nitrogen and oxygen atoms in total. The number of carbonyl (C=O) groups excluding carboxylic acids is 3. The SMILES string of the molecule is C=CCN(C(=O)[C@@H]1[C@H]2C(=O)N(CCCCCO)C(C(=O)N(CC=C)C(C)(C)C)C23CC[C@@]1(C)O3)c1ccc(OCC)cc1. The third-order valence-electron chi connectivity index (χ3n) is 9.26. The Hall–Kier alpha value is -3.17. The number of anilines is 1. The number of aliphatic hydroxyl groups excluding tert-OH is 1. The van der Waals surface area contributed by atoms with Gasteiger partial charge in [-0.1, -0.05) is 12.2 Å². The topological polar surface area (TPSA) is 99.6 Å². The molecule has 4 rings (SSSR count). The Balaban J connectivity index is 1.76. The summed E-state index contributed by atoms with van der Waals surface area (Å²) in [5.74, 6) is -1.44. The third-order valence-corrected chi connectivity index (χ3v) is 9.26. The molecule has 2 bridgehead atoms. The molecular weight excluding hydrogens is 546 g/mol. The maximum Gasteiger partial charge on any atom is 0.249 e. The van der Waals surface area contributed by atoms with E-state index >= 15 is 0 Å². The molecule has 3 aliphatic rings. The van der Waals surface area contributed by atoms with Crippen LogP contribution in [0.25, 0.3) is 0 Å². The zero-order valence-corrected chi connectivity index (χ0v) is 26.5. The van der Waals surface area contributed by atoms with E-state index in [1.807, 2.05) is 58.9 Å². The number of hydrogen-bond acceptors (Lipinski definition) is 6. The second kappa shape index (κ2) is 12.8. The van der Waals surface area contributed by atoms with Gasteiger partial charge in [0.15, 0.2) is 0 Å². The monoisotopic (exact) mass is 595 g/mol. The summed E-state index contributed by atoms with van der Waals surface area (Å²) in [7, 11) is 0. The second-order valence-corrected chi connectivity index (χ2v) is 13.1. The van der Waals surface area contributed by atoms with Gasteiger partial charge < -0.3 is 29.3 Å². The highest BCUT2D eigenvalue weighted by atomic mass is 16.5. The van der Waals surface area contributed by atoms with E-state index in [1.165, 1.54) is 0 Å². The molecule has 1 aromatic rings. The Bertz CT molecular complexity index is 1210. The van der Waals surface area contributed by atoms with Crippen LogP contribution in [0.4, 0.5) is 5.69 Å². The van der Waals surface area contributed by atoms with Gasteiger partial charge in [0.25, 0.3) is 0 Å². The summed E-state index contributed by atoms with van der Waals surface area (Å²) in [6.45, 7) is 19.0. The van der Waals surface area contributed by atoms with E-state index in [0.717, 1.165) is 6.42 Å². The van der Waals surface area contributed by atoms with Crippen molar-refractivity contribution in [1.82, 2.24) is 9.80 Å². The van der Waals surface area contributed by atoms with Crippen molar-refractivity contribution in [2.75, 3.05) is 37.7 Å². The summed E-state index contributed by atoms with van der Waals surface area (Å²) in [5, 5.41) is 9.32. The second-order valence-electron chi connectivity index (χ2n) is 13.1. The molecule has 43 heavy (non-hydrogen) atoms. The van der Waals surface area contributed by atoms with Crippen LogP contribution in [-0.4, -0.2) is 88.3 Å². The van der Waals surface area contributed by atoms with Crippen LogP contribution in [0.5, 0.6) is 5.75 Å². The van der Waals surface area contributed by atoms with Crippen LogP contribution in [0.1, 0.15) is 66.7 Å². The average molecular weight is 596 g/mol. The molecule has 0 saturated carbocycles. The first kappa shape index (κ1) is 32.7. The predicted octanol–water partition coefficient (Wildman–Crippen LogP) is 4.34. The molecule has 1 spiro atoms. The Labute approximate surface area is 256 Å². The number of hydrogen-bond donors (Lipinski definition) is 1. The van der Waals surface area contributed by atoms with E-state index in [-0.39, 0.29) is 30.9 Å². The highest BCUT2D eigenvalue weighted by Crippen LogP contribution is 2.63. The molecule has 3 aliphatic heterocycles. The van der Waals surface area contributed by atoms with Crippen molar-refractivity contribution >= 4 is 23.4 Å². The molecule has 0 aliphatic carbocycles. The molecule has 5 atom stereocenters. The largest absolute Gasteiger partial charge is 0.494 e. The van der Waals surface area contributed by atoms with Crippen LogP contribution in [0.2, 0.25) is 0 Å². The Kier molecular flexibility index (Phi) is 9.76. The van der Waals surface area contributed by atoms with Crippen LogP contribution >= 0.6 is 0 Å². The summed E-state index contributed by atoms with van der Waals surface area (Å²) in [6.07, 6.45) is 6.44. The summed E-state index contributed by atoms with van der Waals surface area (Å²) >= 11 is 0. The van der Waals surface area contributed by atoms with Crippen molar-refractivity contribution in [2.45, 2.75) is 89.5 Å². The lowest BCUT2D eigenvalue weighted by Crippen LogP contribution is -2.60. The molecule has 1 aromatic carbocycles. The fourth-order valence-electron chi connectivity index (χ4n) is 7.37. The van der Waals surface area contributed by atoms with E-state index in [1.54, 1.807) is 26.9 Å². The number of benzene rings is 1. The van der Waals surface area contributed by atoms with Crippen molar-refractivity contribution < 1.29 is 29.0 Å². The van der Waals surface area contributed by atoms with Crippen molar-refractivity contribution in [3.05, 3.63) is 49.6 Å². The highest BCUT2D eigenvalue weighted by molar-refractivity contribution is 6.03. The minimum absolute atomic E-state index is 0.0722. The van der Waals surface area contributed by atoms with E-state index in [0.29, 0.717) is 56.8 Å². The van der Waals surface area contributed by atoms with Gasteiger partial charge in [-0.15, -0.1) is 13.2 Å². The molecule has 1 N–H and O–H groups in total. The van der Waals surface area contributed by atoms with Gasteiger partial charge >= 0.3 is 0 Å². The Morgan fingerprint density at radius 1 is 1.09 bits per heavy atom. The Morgan fingerprint density at radius 3 is 2.35 bits per heavy atom. The van der Waals surface area contributed by atoms with Crippen LogP contribution < -0.4 is 9.64 Å². The van der Waals surface area contributed by atoms with E-state index in [2.05, 4.69) is 13.2 Å². The summed E-state index contributed by atoms with van der Waals surface area (Å²) in [4.78, 5) is 48.6. The molecule has 236 valence electrons. The summed E-state index contributed by atoms with van der Waals surface area (Å²) in [5.41, 5.74) is -1.84. The van der Waals surface area contributed by atoms with Crippen molar-refractivity contribution in [3.8, 4) is 5.75 Å². The number of nitrogens with zero attached hydrogens (tertiary/aromatic N) is 3. The first-order valence-corrected chi connectivity index (χ1v) is 15.6. The minimum Gasteiger partial charge on any atom is -0.494 e. The zero-order chi connectivity index (χ0) is 31.6. The average Bonchev–Trinajstić information content (AvgIpc) is 3.52. The number of ether oxygens (including phenoxy) is 2. The van der Waals surface area contributed by atoms with Gasteiger partial charge in [0.1, 0.15) is 17.4 Å².